The van der Waals surface area contributed by atoms with Gasteiger partial charge in [-0.1, -0.05) is 24.4 Å². The highest BCUT2D eigenvalue weighted by Crippen LogP contribution is 2.56. The maximum absolute atomic E-state index is 14.8. The number of aliphatic hydroxyl groups is 1. The smallest absolute Gasteiger partial charge is 0.407 e. The summed E-state index contributed by atoms with van der Waals surface area (Å²) in [6.45, 7) is 3.95. The molecular weight excluding hydrogens is 516 g/mol. The second kappa shape index (κ2) is 11.3. The van der Waals surface area contributed by atoms with Gasteiger partial charge in [0.15, 0.2) is 21.4 Å². The number of amides is 1. The van der Waals surface area contributed by atoms with Gasteiger partial charge in [0.25, 0.3) is 0 Å². The minimum absolute atomic E-state index is 0.0557. The van der Waals surface area contributed by atoms with E-state index in [4.69, 9.17) is 26.6 Å². The molecule has 4 rings (SSSR count). The van der Waals surface area contributed by atoms with Gasteiger partial charge in [-0.2, -0.15) is 0 Å². The number of hydrogen-bond donors (Lipinski definition) is 2. The monoisotopic (exact) mass is 545 g/mol. The van der Waals surface area contributed by atoms with Crippen LogP contribution in [0, 0.1) is 17.6 Å². The number of nitrogens with zero attached hydrogens (tertiary/aromatic N) is 1. The summed E-state index contributed by atoms with van der Waals surface area (Å²) in [5.74, 6) is -2.19. The molecule has 0 aromatic heterocycles. The summed E-state index contributed by atoms with van der Waals surface area (Å²) in [5.41, 5.74) is -0.164. The zero-order valence-electron chi connectivity index (χ0n) is 20.1. The van der Waals surface area contributed by atoms with Crippen molar-refractivity contribution in [2.24, 2.45) is 5.92 Å². The zero-order chi connectivity index (χ0) is 26.7. The van der Waals surface area contributed by atoms with Crippen molar-refractivity contribution in [3.05, 3.63) is 58.6 Å². The number of fused-ring (bicyclic) bond motifs is 3. The predicted molar refractivity (Wildman–Crippen MR) is 131 cm³/mol. The summed E-state index contributed by atoms with van der Waals surface area (Å²) in [6, 6.07) is 7.78. The molecule has 1 unspecified atom stereocenters. The van der Waals surface area contributed by atoms with Crippen LogP contribution in [0.3, 0.4) is 0 Å². The van der Waals surface area contributed by atoms with E-state index in [0.29, 0.717) is 24.4 Å². The highest BCUT2D eigenvalue weighted by atomic mass is 35.5. The Morgan fingerprint density at radius 2 is 1.83 bits per heavy atom. The minimum atomic E-state index is -4.00. The normalized spacial score (nSPS) is 21.7. The van der Waals surface area contributed by atoms with E-state index in [2.05, 4.69) is 0 Å². The Hall–Kier alpha value is -2.43. The van der Waals surface area contributed by atoms with E-state index >= 15 is 0 Å². The summed E-state index contributed by atoms with van der Waals surface area (Å²) in [5, 5.41) is 17.6. The predicted octanol–water partition coefficient (Wildman–Crippen LogP) is 5.24. The topological polar surface area (TPSA) is 104 Å². The van der Waals surface area contributed by atoms with Gasteiger partial charge in [-0.25, -0.2) is 22.0 Å². The zero-order valence-corrected chi connectivity index (χ0v) is 21.7. The lowest BCUT2D eigenvalue weighted by atomic mass is 9.73. The fourth-order valence-corrected chi connectivity index (χ4v) is 7.53. The van der Waals surface area contributed by atoms with E-state index in [1.165, 1.54) is 24.3 Å². The molecule has 36 heavy (non-hydrogen) atoms. The van der Waals surface area contributed by atoms with E-state index in [1.807, 2.05) is 0 Å². The van der Waals surface area contributed by atoms with Gasteiger partial charge in [-0.3, -0.25) is 0 Å². The number of sulfone groups is 1. The molecule has 0 spiro atoms. The van der Waals surface area contributed by atoms with Gasteiger partial charge in [0, 0.05) is 24.0 Å². The van der Waals surface area contributed by atoms with Crippen LogP contribution in [0.2, 0.25) is 5.02 Å². The molecule has 1 saturated carbocycles. The molecular formula is C25H30ClF2NO6S. The van der Waals surface area contributed by atoms with Crippen molar-refractivity contribution >= 4 is 27.5 Å². The van der Waals surface area contributed by atoms with Gasteiger partial charge in [0.05, 0.1) is 23.2 Å². The molecule has 0 radical (unpaired) electrons. The Bertz CT molecular complexity index is 1190. The number of rotatable bonds is 5. The molecule has 3 atom stereocenters. The quantitative estimate of drug-likeness (QED) is 0.532. The Balaban J connectivity index is 0.000000308. The molecule has 2 aromatic carbocycles. The molecule has 1 aliphatic carbocycles. The van der Waals surface area contributed by atoms with Crippen molar-refractivity contribution in [3.63, 3.8) is 0 Å². The van der Waals surface area contributed by atoms with Gasteiger partial charge in [-0.15, -0.1) is 0 Å². The summed E-state index contributed by atoms with van der Waals surface area (Å²) in [6.07, 6.45) is 0.706. The lowest BCUT2D eigenvalue weighted by Gasteiger charge is -2.47. The Kier molecular flexibility index (Phi) is 8.84. The Morgan fingerprint density at radius 1 is 1.19 bits per heavy atom. The van der Waals surface area contributed by atoms with E-state index < -0.39 is 44.3 Å². The number of benzene rings is 2. The summed E-state index contributed by atoms with van der Waals surface area (Å²) >= 11 is 5.89. The van der Waals surface area contributed by atoms with E-state index in [-0.39, 0.29) is 35.8 Å². The molecule has 2 aliphatic rings. The average Bonchev–Trinajstić information content (AvgIpc) is 2.84. The summed E-state index contributed by atoms with van der Waals surface area (Å²) in [4.78, 5) is 11.5. The van der Waals surface area contributed by atoms with Crippen molar-refractivity contribution in [3.8, 4) is 5.75 Å². The van der Waals surface area contributed by atoms with Crippen LogP contribution in [0.4, 0.5) is 13.6 Å². The second-order valence-corrected chi connectivity index (χ2v) is 11.6. The van der Waals surface area contributed by atoms with E-state index in [9.17, 15) is 22.0 Å². The number of likely N-dealkylation sites (N-methyl/N-ethyl adjacent to an activating group) is 1. The van der Waals surface area contributed by atoms with Crippen LogP contribution in [-0.4, -0.2) is 55.4 Å². The highest BCUT2D eigenvalue weighted by molar-refractivity contribution is 7.92. The highest BCUT2D eigenvalue weighted by Gasteiger charge is 2.58. The van der Waals surface area contributed by atoms with E-state index in [0.717, 1.165) is 23.5 Å². The van der Waals surface area contributed by atoms with Gasteiger partial charge in [-0.05, 0) is 63.1 Å². The first kappa shape index (κ1) is 28.1. The fourth-order valence-electron chi connectivity index (χ4n) is 4.99. The van der Waals surface area contributed by atoms with Crippen molar-refractivity contribution in [2.75, 3.05) is 19.7 Å². The molecule has 0 bridgehead atoms. The van der Waals surface area contributed by atoms with Crippen LogP contribution in [-0.2, 0) is 14.6 Å². The molecule has 2 N–H and O–H groups in total. The van der Waals surface area contributed by atoms with Crippen LogP contribution in [0.5, 0.6) is 5.75 Å². The molecule has 11 heteroatoms. The first-order valence-corrected chi connectivity index (χ1v) is 13.6. The average molecular weight is 546 g/mol. The number of halogens is 3. The number of carboxylic acid groups (broad SMARTS) is 1. The Morgan fingerprint density at radius 3 is 2.39 bits per heavy atom. The molecule has 1 aliphatic heterocycles. The lowest BCUT2D eigenvalue weighted by molar-refractivity contribution is 0.107. The van der Waals surface area contributed by atoms with Crippen LogP contribution in [0.1, 0.15) is 45.1 Å². The number of aliphatic hydroxyl groups excluding tert-OH is 1. The third-order valence-electron chi connectivity index (χ3n) is 6.66. The van der Waals surface area contributed by atoms with Crippen LogP contribution in [0.15, 0.2) is 41.3 Å². The number of ether oxygens (including phenoxy) is 1. The van der Waals surface area contributed by atoms with E-state index in [1.54, 1.807) is 13.8 Å². The van der Waals surface area contributed by atoms with Crippen molar-refractivity contribution in [2.45, 2.75) is 55.3 Å². The van der Waals surface area contributed by atoms with Crippen LogP contribution in [0.25, 0.3) is 0 Å². The molecule has 198 valence electrons. The number of hydrogen-bond acceptors (Lipinski definition) is 5. The first-order chi connectivity index (χ1) is 17.0. The SMILES string of the molecule is CCN(C[C@@H](C)O)C(=O)O.O=S(=O)(c1ccc(Cl)cc1)[C@@]12CCCCC1COc1c(F)ccc(F)c12. The van der Waals surface area contributed by atoms with Gasteiger partial charge in [0.2, 0.25) is 0 Å². The second-order valence-electron chi connectivity index (χ2n) is 9.00. The van der Waals surface area contributed by atoms with Crippen molar-refractivity contribution < 1.29 is 36.9 Å². The largest absolute Gasteiger partial charge is 0.490 e. The Labute approximate surface area is 214 Å². The maximum atomic E-state index is 14.8. The van der Waals surface area contributed by atoms with Crippen LogP contribution < -0.4 is 4.74 Å². The van der Waals surface area contributed by atoms with Crippen molar-refractivity contribution in [1.82, 2.24) is 4.90 Å². The maximum Gasteiger partial charge on any atom is 0.407 e. The molecule has 1 fully saturated rings. The lowest BCUT2D eigenvalue weighted by Crippen LogP contribution is -2.50. The molecule has 2 aromatic rings. The molecule has 1 amide bonds. The number of carbonyl (C=O) groups is 1. The third-order valence-corrected chi connectivity index (χ3v) is 9.51. The van der Waals surface area contributed by atoms with Crippen molar-refractivity contribution in [1.29, 1.82) is 0 Å². The summed E-state index contributed by atoms with van der Waals surface area (Å²) in [7, 11) is -4.00. The first-order valence-electron chi connectivity index (χ1n) is 11.7. The molecule has 0 saturated heterocycles. The fraction of sp³-hybridized carbons (Fsp3) is 0.480. The van der Waals surface area contributed by atoms with Gasteiger partial charge >= 0.3 is 6.09 Å². The van der Waals surface area contributed by atoms with Gasteiger partial charge < -0.3 is 19.8 Å². The molecule has 7 nitrogen and oxygen atoms in total. The summed E-state index contributed by atoms with van der Waals surface area (Å²) < 4.78 is 60.5. The van der Waals surface area contributed by atoms with Gasteiger partial charge in [0.1, 0.15) is 10.6 Å². The third kappa shape index (κ3) is 5.31. The minimum Gasteiger partial charge on any atom is -0.490 e. The molecule has 1 heterocycles. The van der Waals surface area contributed by atoms with Crippen LogP contribution >= 0.6 is 11.6 Å². The standard InChI is InChI=1S/C19H17ClF2O3S.C6H13NO3/c20-13-4-6-14(7-5-13)26(23,24)19-10-2-1-3-12(19)11-25-18-16(22)9-8-15(21)17(18)19;1-3-7(6(9)10)4-5(2)8/h4-9,12H,1-3,10-11H2;5,8H,3-4H2,1-2H3,(H,9,10)/t12?,19-;5-/m01/s1.